The normalized spacial score (nSPS) is 10.5. The van der Waals surface area contributed by atoms with Crippen molar-refractivity contribution in [2.45, 2.75) is 0 Å². The Kier molecular flexibility index (Phi) is 4.38. The van der Waals surface area contributed by atoms with Crippen molar-refractivity contribution in [2.75, 3.05) is 21.3 Å². The zero-order chi connectivity index (χ0) is 18.0. The first-order valence-corrected chi connectivity index (χ1v) is 7.31. The van der Waals surface area contributed by atoms with E-state index in [4.69, 9.17) is 23.4 Å². The van der Waals surface area contributed by atoms with Crippen LogP contribution in [0, 0.1) is 0 Å². The summed E-state index contributed by atoms with van der Waals surface area (Å²) in [7, 11) is 4.34. The molecule has 3 rings (SSSR count). The van der Waals surface area contributed by atoms with Gasteiger partial charge in [-0.15, -0.1) is 0 Å². The molecule has 7 nitrogen and oxygen atoms in total. The number of hydrogen-bond acceptors (Lipinski definition) is 7. The Morgan fingerprint density at radius 1 is 0.920 bits per heavy atom. The maximum atomic E-state index is 12.4. The molecule has 0 spiro atoms. The van der Waals surface area contributed by atoms with E-state index in [0.717, 1.165) is 6.07 Å². The van der Waals surface area contributed by atoms with Gasteiger partial charge in [-0.05, 0) is 24.3 Å². The van der Waals surface area contributed by atoms with Gasteiger partial charge in [0.15, 0.2) is 11.5 Å². The molecule has 0 saturated heterocycles. The molecule has 0 aliphatic carbocycles. The van der Waals surface area contributed by atoms with Gasteiger partial charge >= 0.3 is 0 Å². The Balaban J connectivity index is 2.07. The quantitative estimate of drug-likeness (QED) is 0.759. The van der Waals surface area contributed by atoms with Gasteiger partial charge in [-0.1, -0.05) is 0 Å². The first-order chi connectivity index (χ1) is 12.1. The summed E-state index contributed by atoms with van der Waals surface area (Å²) in [4.78, 5) is 12.4. The van der Waals surface area contributed by atoms with Crippen molar-refractivity contribution in [3.63, 3.8) is 0 Å². The van der Waals surface area contributed by atoms with Gasteiger partial charge in [0.1, 0.15) is 22.5 Å². The van der Waals surface area contributed by atoms with Crippen molar-refractivity contribution < 1.29 is 28.5 Å². The van der Waals surface area contributed by atoms with Gasteiger partial charge in [-0.25, -0.2) is 0 Å². The van der Waals surface area contributed by atoms with E-state index >= 15 is 0 Å². The van der Waals surface area contributed by atoms with Gasteiger partial charge in [-0.3, -0.25) is 4.79 Å². The van der Waals surface area contributed by atoms with Crippen molar-refractivity contribution in [3.05, 3.63) is 46.6 Å². The predicted molar refractivity (Wildman–Crippen MR) is 90.3 cm³/mol. The van der Waals surface area contributed by atoms with E-state index in [0.29, 0.717) is 11.5 Å². The summed E-state index contributed by atoms with van der Waals surface area (Å²) in [5.74, 6) is 1.07. The first kappa shape index (κ1) is 16.5. The molecule has 0 atom stereocenters. The Labute approximate surface area is 142 Å². The summed E-state index contributed by atoms with van der Waals surface area (Å²) < 4.78 is 26.4. The lowest BCUT2D eigenvalue weighted by atomic mass is 10.2. The number of phenols is 1. The van der Waals surface area contributed by atoms with Crippen LogP contribution in [0.2, 0.25) is 0 Å². The average molecular weight is 344 g/mol. The molecule has 0 unspecified atom stereocenters. The Morgan fingerprint density at radius 2 is 1.60 bits per heavy atom. The third-order valence-electron chi connectivity index (χ3n) is 3.59. The lowest BCUT2D eigenvalue weighted by Gasteiger charge is -2.12. The minimum Gasteiger partial charge on any atom is -0.504 e. The van der Waals surface area contributed by atoms with Crippen LogP contribution in [0.5, 0.6) is 34.7 Å². The van der Waals surface area contributed by atoms with Gasteiger partial charge in [0.25, 0.3) is 5.95 Å². The number of methoxy groups -OCH3 is 3. The smallest absolute Gasteiger partial charge is 0.294 e. The number of hydrogen-bond donors (Lipinski definition) is 1. The van der Waals surface area contributed by atoms with E-state index < -0.39 is 5.43 Å². The molecule has 0 fully saturated rings. The fourth-order valence-electron chi connectivity index (χ4n) is 2.40. The fraction of sp³-hybridized carbons (Fsp3) is 0.167. The van der Waals surface area contributed by atoms with Crippen molar-refractivity contribution in [1.29, 1.82) is 0 Å². The average Bonchev–Trinajstić information content (AvgIpc) is 2.61. The maximum Gasteiger partial charge on any atom is 0.294 e. The van der Waals surface area contributed by atoms with Crippen molar-refractivity contribution >= 4 is 11.0 Å². The summed E-state index contributed by atoms with van der Waals surface area (Å²) in [6.07, 6.45) is 0. The molecule has 0 saturated carbocycles. The molecule has 0 bridgehead atoms. The maximum absolute atomic E-state index is 12.4. The highest BCUT2D eigenvalue weighted by atomic mass is 16.6. The van der Waals surface area contributed by atoms with Crippen LogP contribution in [0.1, 0.15) is 0 Å². The van der Waals surface area contributed by atoms with E-state index in [1.165, 1.54) is 20.3 Å². The molecule has 130 valence electrons. The van der Waals surface area contributed by atoms with E-state index in [-0.39, 0.29) is 34.2 Å². The summed E-state index contributed by atoms with van der Waals surface area (Å²) in [5.41, 5.74) is -0.352. The molecule has 0 aliphatic heterocycles. The monoisotopic (exact) mass is 344 g/mol. The molecule has 1 heterocycles. The van der Waals surface area contributed by atoms with Gasteiger partial charge in [0, 0.05) is 6.07 Å². The van der Waals surface area contributed by atoms with Crippen LogP contribution in [-0.2, 0) is 0 Å². The lowest BCUT2D eigenvalue weighted by Crippen LogP contribution is -2.03. The highest BCUT2D eigenvalue weighted by Gasteiger charge is 2.19. The molecule has 2 aromatic carbocycles. The standard InChI is InChI=1S/C18H16O7/c1-21-10-4-6-11(7-5-10)24-15-8-12(19)16-13(25-15)9-14(22-2)18(23-3)17(16)20/h4-9,20H,1-3H3. The van der Waals surface area contributed by atoms with E-state index in [9.17, 15) is 9.90 Å². The molecule has 1 N–H and O–H groups in total. The third kappa shape index (κ3) is 3.03. The van der Waals surface area contributed by atoms with Gasteiger partial charge in [-0.2, -0.15) is 0 Å². The zero-order valence-corrected chi connectivity index (χ0v) is 13.9. The Bertz CT molecular complexity index is 958. The molecule has 0 aliphatic rings. The largest absolute Gasteiger partial charge is 0.504 e. The number of phenolic OH excluding ortho intramolecular Hbond substituents is 1. The van der Waals surface area contributed by atoms with Crippen molar-refractivity contribution in [1.82, 2.24) is 0 Å². The fourth-order valence-corrected chi connectivity index (χ4v) is 2.40. The molecule has 7 heteroatoms. The second-order valence-electron chi connectivity index (χ2n) is 5.04. The van der Waals surface area contributed by atoms with Crippen molar-refractivity contribution in [2.24, 2.45) is 0 Å². The second-order valence-corrected chi connectivity index (χ2v) is 5.04. The van der Waals surface area contributed by atoms with Gasteiger partial charge in [0.2, 0.25) is 11.2 Å². The highest BCUT2D eigenvalue weighted by molar-refractivity contribution is 5.88. The molecular formula is C18H16O7. The number of aromatic hydroxyl groups is 1. The second kappa shape index (κ2) is 6.64. The Morgan fingerprint density at radius 3 is 2.20 bits per heavy atom. The summed E-state index contributed by atoms with van der Waals surface area (Å²) in [5, 5.41) is 10.2. The van der Waals surface area contributed by atoms with E-state index in [2.05, 4.69) is 0 Å². The number of benzene rings is 2. The summed E-state index contributed by atoms with van der Waals surface area (Å²) in [6, 6.07) is 9.39. The SMILES string of the molecule is COc1ccc(Oc2cc(=O)c3c(O)c(OC)c(OC)cc3o2)cc1. The molecule has 25 heavy (non-hydrogen) atoms. The molecule has 0 amide bonds. The molecule has 0 radical (unpaired) electrons. The van der Waals surface area contributed by atoms with Crippen LogP contribution in [0.15, 0.2) is 45.6 Å². The third-order valence-corrected chi connectivity index (χ3v) is 3.59. The van der Waals surface area contributed by atoms with Crippen LogP contribution in [0.4, 0.5) is 0 Å². The van der Waals surface area contributed by atoms with Crippen LogP contribution in [0.25, 0.3) is 11.0 Å². The predicted octanol–water partition coefficient (Wildman–Crippen LogP) is 3.32. The summed E-state index contributed by atoms with van der Waals surface area (Å²) in [6.45, 7) is 0. The zero-order valence-electron chi connectivity index (χ0n) is 13.9. The summed E-state index contributed by atoms with van der Waals surface area (Å²) >= 11 is 0. The molecular weight excluding hydrogens is 328 g/mol. The topological polar surface area (TPSA) is 87.4 Å². The number of fused-ring (bicyclic) bond motifs is 1. The van der Waals surface area contributed by atoms with Crippen LogP contribution in [0.3, 0.4) is 0 Å². The van der Waals surface area contributed by atoms with E-state index in [1.54, 1.807) is 31.4 Å². The van der Waals surface area contributed by atoms with Crippen LogP contribution in [-0.4, -0.2) is 26.4 Å². The Hall–Kier alpha value is -3.35. The van der Waals surface area contributed by atoms with Crippen LogP contribution >= 0.6 is 0 Å². The lowest BCUT2D eigenvalue weighted by molar-refractivity contribution is 0.330. The highest BCUT2D eigenvalue weighted by Crippen LogP contribution is 2.42. The van der Waals surface area contributed by atoms with Gasteiger partial charge in [0.05, 0.1) is 27.4 Å². The van der Waals surface area contributed by atoms with Crippen LogP contribution < -0.4 is 24.4 Å². The minimum absolute atomic E-state index is 0.0141. The van der Waals surface area contributed by atoms with E-state index in [1.807, 2.05) is 0 Å². The first-order valence-electron chi connectivity index (χ1n) is 7.31. The number of ether oxygens (including phenoxy) is 4. The number of rotatable bonds is 5. The van der Waals surface area contributed by atoms with Crippen molar-refractivity contribution in [3.8, 4) is 34.7 Å². The van der Waals surface area contributed by atoms with Gasteiger partial charge < -0.3 is 28.5 Å². The molecule has 3 aromatic rings. The molecule has 1 aromatic heterocycles. The minimum atomic E-state index is -0.469.